The molecule has 2 rings (SSSR count). The number of rotatable bonds is 6. The molecule has 1 aromatic rings. The van der Waals surface area contributed by atoms with E-state index in [1.54, 1.807) is 0 Å². The third kappa shape index (κ3) is 2.53. The lowest BCUT2D eigenvalue weighted by Crippen LogP contribution is -2.30. The van der Waals surface area contributed by atoms with Crippen molar-refractivity contribution in [3.63, 3.8) is 0 Å². The van der Waals surface area contributed by atoms with Crippen molar-refractivity contribution in [1.29, 1.82) is 0 Å². The van der Waals surface area contributed by atoms with Gasteiger partial charge in [-0.1, -0.05) is 43.3 Å². The van der Waals surface area contributed by atoms with Gasteiger partial charge in [-0.25, -0.2) is 0 Å². The Morgan fingerprint density at radius 2 is 2.19 bits per heavy atom. The molecular formula is C15H21N. The summed E-state index contributed by atoms with van der Waals surface area (Å²) in [5.74, 6) is 1.57. The van der Waals surface area contributed by atoms with Crippen LogP contribution in [0.5, 0.6) is 0 Å². The van der Waals surface area contributed by atoms with Crippen LogP contribution in [0.15, 0.2) is 43.0 Å². The Morgan fingerprint density at radius 3 is 2.81 bits per heavy atom. The first-order valence-corrected chi connectivity index (χ1v) is 6.26. The second kappa shape index (κ2) is 5.31. The van der Waals surface area contributed by atoms with Crippen molar-refractivity contribution in [3.05, 3.63) is 48.6 Å². The fourth-order valence-corrected chi connectivity index (χ4v) is 2.59. The first kappa shape index (κ1) is 11.4. The van der Waals surface area contributed by atoms with E-state index < -0.39 is 0 Å². The van der Waals surface area contributed by atoms with Crippen LogP contribution in [0.1, 0.15) is 31.2 Å². The van der Waals surface area contributed by atoms with Gasteiger partial charge >= 0.3 is 0 Å². The van der Waals surface area contributed by atoms with Gasteiger partial charge in [-0.3, -0.25) is 0 Å². The van der Waals surface area contributed by atoms with Gasteiger partial charge in [0.1, 0.15) is 0 Å². The van der Waals surface area contributed by atoms with Gasteiger partial charge in [-0.2, -0.15) is 0 Å². The van der Waals surface area contributed by atoms with Crippen molar-refractivity contribution in [2.45, 2.75) is 31.7 Å². The van der Waals surface area contributed by atoms with Crippen molar-refractivity contribution in [3.8, 4) is 0 Å². The first-order valence-electron chi connectivity index (χ1n) is 6.26. The predicted octanol–water partition coefficient (Wildman–Crippen LogP) is 3.34. The first-order chi connectivity index (χ1) is 7.86. The van der Waals surface area contributed by atoms with Gasteiger partial charge in [0.2, 0.25) is 0 Å². The van der Waals surface area contributed by atoms with Crippen LogP contribution < -0.4 is 5.32 Å². The SMILES string of the molecule is C=CCC(NCC)C1CC1c1ccccc1. The average molecular weight is 215 g/mol. The third-order valence-electron chi connectivity index (χ3n) is 3.47. The molecule has 1 N–H and O–H groups in total. The van der Waals surface area contributed by atoms with E-state index in [-0.39, 0.29) is 0 Å². The Hall–Kier alpha value is -1.08. The molecule has 0 radical (unpaired) electrons. The van der Waals surface area contributed by atoms with E-state index in [2.05, 4.69) is 49.2 Å². The lowest BCUT2D eigenvalue weighted by atomic mass is 10.0. The van der Waals surface area contributed by atoms with Gasteiger partial charge in [0, 0.05) is 6.04 Å². The van der Waals surface area contributed by atoms with Crippen LogP contribution in [0.3, 0.4) is 0 Å². The molecule has 0 aromatic heterocycles. The lowest BCUT2D eigenvalue weighted by molar-refractivity contribution is 0.471. The third-order valence-corrected chi connectivity index (χ3v) is 3.47. The molecule has 1 saturated carbocycles. The molecule has 16 heavy (non-hydrogen) atoms. The summed E-state index contributed by atoms with van der Waals surface area (Å²) in [5.41, 5.74) is 1.50. The van der Waals surface area contributed by atoms with Crippen molar-refractivity contribution in [2.75, 3.05) is 6.54 Å². The highest BCUT2D eigenvalue weighted by molar-refractivity contribution is 5.26. The fraction of sp³-hybridized carbons (Fsp3) is 0.467. The average Bonchev–Trinajstić information content (AvgIpc) is 3.10. The Labute approximate surface area is 98.6 Å². The van der Waals surface area contributed by atoms with Gasteiger partial charge in [0.25, 0.3) is 0 Å². The van der Waals surface area contributed by atoms with E-state index in [1.165, 1.54) is 12.0 Å². The molecule has 1 aliphatic rings. The summed E-state index contributed by atoms with van der Waals surface area (Å²) >= 11 is 0. The summed E-state index contributed by atoms with van der Waals surface area (Å²) in [4.78, 5) is 0. The Kier molecular flexibility index (Phi) is 3.79. The van der Waals surface area contributed by atoms with E-state index in [4.69, 9.17) is 0 Å². The zero-order chi connectivity index (χ0) is 11.4. The molecule has 3 atom stereocenters. The highest BCUT2D eigenvalue weighted by Gasteiger charge is 2.42. The highest BCUT2D eigenvalue weighted by atomic mass is 14.9. The zero-order valence-electron chi connectivity index (χ0n) is 10.0. The smallest absolute Gasteiger partial charge is 0.0136 e. The van der Waals surface area contributed by atoms with Crippen LogP contribution in [0.4, 0.5) is 0 Å². The standard InChI is InChI=1S/C15H21N/c1-3-8-15(16-4-2)14-11-13(14)12-9-6-5-7-10-12/h3,5-7,9-10,13-16H,1,4,8,11H2,2H3. The fourth-order valence-electron chi connectivity index (χ4n) is 2.59. The van der Waals surface area contributed by atoms with Crippen LogP contribution in [-0.4, -0.2) is 12.6 Å². The van der Waals surface area contributed by atoms with E-state index in [0.29, 0.717) is 6.04 Å². The Balaban J connectivity index is 1.96. The van der Waals surface area contributed by atoms with E-state index in [9.17, 15) is 0 Å². The molecule has 1 nitrogen and oxygen atoms in total. The number of benzene rings is 1. The number of hydrogen-bond acceptors (Lipinski definition) is 1. The van der Waals surface area contributed by atoms with Crippen LogP contribution >= 0.6 is 0 Å². The predicted molar refractivity (Wildman–Crippen MR) is 69.6 cm³/mol. The second-order valence-corrected chi connectivity index (χ2v) is 4.61. The summed E-state index contributed by atoms with van der Waals surface area (Å²) in [6.07, 6.45) is 4.45. The molecule has 1 aliphatic carbocycles. The van der Waals surface area contributed by atoms with Crippen molar-refractivity contribution in [2.24, 2.45) is 5.92 Å². The van der Waals surface area contributed by atoms with Crippen LogP contribution in [0.25, 0.3) is 0 Å². The van der Waals surface area contributed by atoms with Crippen molar-refractivity contribution in [1.82, 2.24) is 5.32 Å². The van der Waals surface area contributed by atoms with Crippen LogP contribution in [-0.2, 0) is 0 Å². The van der Waals surface area contributed by atoms with E-state index in [0.717, 1.165) is 24.8 Å². The number of hydrogen-bond donors (Lipinski definition) is 1. The van der Waals surface area contributed by atoms with Gasteiger partial charge in [0.15, 0.2) is 0 Å². The molecule has 1 heteroatoms. The molecule has 3 unspecified atom stereocenters. The topological polar surface area (TPSA) is 12.0 Å². The monoisotopic (exact) mass is 215 g/mol. The van der Waals surface area contributed by atoms with Gasteiger partial charge in [-0.05, 0) is 36.8 Å². The molecule has 0 spiro atoms. The maximum Gasteiger partial charge on any atom is 0.0136 e. The summed E-state index contributed by atoms with van der Waals surface area (Å²) < 4.78 is 0. The van der Waals surface area contributed by atoms with Gasteiger partial charge in [-0.15, -0.1) is 6.58 Å². The quantitative estimate of drug-likeness (QED) is 0.718. The summed E-state index contributed by atoms with van der Waals surface area (Å²) in [6.45, 7) is 7.08. The molecule has 0 amide bonds. The van der Waals surface area contributed by atoms with E-state index >= 15 is 0 Å². The minimum atomic E-state index is 0.618. The van der Waals surface area contributed by atoms with Crippen LogP contribution in [0, 0.1) is 5.92 Å². The van der Waals surface area contributed by atoms with E-state index in [1.807, 2.05) is 6.08 Å². The highest BCUT2D eigenvalue weighted by Crippen LogP contribution is 2.50. The Bertz CT molecular complexity index is 331. The molecule has 1 aromatic carbocycles. The van der Waals surface area contributed by atoms with Crippen molar-refractivity contribution < 1.29 is 0 Å². The second-order valence-electron chi connectivity index (χ2n) is 4.61. The van der Waals surface area contributed by atoms with Crippen LogP contribution in [0.2, 0.25) is 0 Å². The molecular weight excluding hydrogens is 194 g/mol. The zero-order valence-corrected chi connectivity index (χ0v) is 10.0. The molecule has 0 saturated heterocycles. The summed E-state index contributed by atoms with van der Waals surface area (Å²) in [6, 6.07) is 11.5. The maximum absolute atomic E-state index is 3.85. The molecule has 0 aliphatic heterocycles. The van der Waals surface area contributed by atoms with Gasteiger partial charge in [0.05, 0.1) is 0 Å². The lowest BCUT2D eigenvalue weighted by Gasteiger charge is -2.16. The summed E-state index contributed by atoms with van der Waals surface area (Å²) in [7, 11) is 0. The number of nitrogens with one attached hydrogen (secondary N) is 1. The molecule has 1 fully saturated rings. The molecule has 86 valence electrons. The molecule has 0 bridgehead atoms. The minimum Gasteiger partial charge on any atom is -0.314 e. The normalized spacial score (nSPS) is 25.1. The molecule has 0 heterocycles. The Morgan fingerprint density at radius 1 is 1.44 bits per heavy atom. The largest absolute Gasteiger partial charge is 0.314 e. The maximum atomic E-state index is 3.85. The summed E-state index contributed by atoms with van der Waals surface area (Å²) in [5, 5.41) is 3.57. The van der Waals surface area contributed by atoms with Gasteiger partial charge < -0.3 is 5.32 Å². The van der Waals surface area contributed by atoms with Crippen molar-refractivity contribution >= 4 is 0 Å². The minimum absolute atomic E-state index is 0.618.